The summed E-state index contributed by atoms with van der Waals surface area (Å²) in [5.41, 5.74) is 1.72. The summed E-state index contributed by atoms with van der Waals surface area (Å²) >= 11 is 1.65. The third-order valence-electron chi connectivity index (χ3n) is 3.18. The first kappa shape index (κ1) is 11.7. The van der Waals surface area contributed by atoms with Crippen LogP contribution in [0, 0.1) is 0 Å². The summed E-state index contributed by atoms with van der Waals surface area (Å²) in [6.07, 6.45) is 0.211. The minimum Gasteiger partial charge on any atom is -0.372 e. The number of morpholine rings is 1. The van der Waals surface area contributed by atoms with E-state index in [1.807, 2.05) is 36.3 Å². The topological polar surface area (TPSA) is 45.3 Å². The van der Waals surface area contributed by atoms with Gasteiger partial charge in [0.15, 0.2) is 0 Å². The van der Waals surface area contributed by atoms with Gasteiger partial charge in [-0.25, -0.2) is 0 Å². The van der Waals surface area contributed by atoms with Gasteiger partial charge in [0.1, 0.15) is 5.69 Å². The fourth-order valence-corrected chi connectivity index (χ4v) is 3.26. The lowest BCUT2D eigenvalue weighted by Crippen LogP contribution is -2.48. The molecule has 1 amide bonds. The van der Waals surface area contributed by atoms with Gasteiger partial charge in [0.25, 0.3) is 5.91 Å². The third-order valence-corrected chi connectivity index (χ3v) is 4.04. The first-order valence-electron chi connectivity index (χ1n) is 6.14. The largest absolute Gasteiger partial charge is 0.372 e. The number of thiophene rings is 1. The SMILES string of the molecule is CC1CN(C(=O)c2cc3sccc3[nH]2)CC(C)O1. The molecular weight excluding hydrogens is 248 g/mol. The Morgan fingerprint density at radius 2 is 2.17 bits per heavy atom. The van der Waals surface area contributed by atoms with Gasteiger partial charge >= 0.3 is 0 Å². The zero-order valence-electron chi connectivity index (χ0n) is 10.5. The molecule has 3 rings (SSSR count). The van der Waals surface area contributed by atoms with Crippen molar-refractivity contribution in [2.45, 2.75) is 26.1 Å². The second-order valence-electron chi connectivity index (χ2n) is 4.85. The van der Waals surface area contributed by atoms with Crippen molar-refractivity contribution in [3.8, 4) is 0 Å². The Balaban J connectivity index is 1.83. The number of aromatic nitrogens is 1. The lowest BCUT2D eigenvalue weighted by molar-refractivity contribution is -0.0587. The van der Waals surface area contributed by atoms with E-state index in [-0.39, 0.29) is 18.1 Å². The summed E-state index contributed by atoms with van der Waals surface area (Å²) < 4.78 is 6.78. The molecule has 1 fully saturated rings. The van der Waals surface area contributed by atoms with Crippen molar-refractivity contribution in [2.75, 3.05) is 13.1 Å². The minimum absolute atomic E-state index is 0.0698. The predicted molar refractivity (Wildman–Crippen MR) is 72.1 cm³/mol. The molecule has 1 aliphatic rings. The van der Waals surface area contributed by atoms with E-state index < -0.39 is 0 Å². The van der Waals surface area contributed by atoms with Gasteiger partial charge in [0.05, 0.1) is 22.4 Å². The average Bonchev–Trinajstić information content (AvgIpc) is 2.86. The fourth-order valence-electron chi connectivity index (χ4n) is 2.48. The van der Waals surface area contributed by atoms with Gasteiger partial charge in [-0.1, -0.05) is 0 Å². The number of nitrogens with zero attached hydrogens (tertiary/aromatic N) is 1. The molecule has 3 heterocycles. The van der Waals surface area contributed by atoms with Crippen molar-refractivity contribution in [1.82, 2.24) is 9.88 Å². The van der Waals surface area contributed by atoms with Crippen molar-refractivity contribution in [1.29, 1.82) is 0 Å². The lowest BCUT2D eigenvalue weighted by atomic mass is 10.2. The highest BCUT2D eigenvalue weighted by Gasteiger charge is 2.27. The number of aromatic amines is 1. The molecule has 0 aliphatic carbocycles. The maximum absolute atomic E-state index is 12.4. The zero-order valence-corrected chi connectivity index (χ0v) is 11.3. The van der Waals surface area contributed by atoms with Crippen molar-refractivity contribution >= 4 is 27.5 Å². The normalized spacial score (nSPS) is 24.7. The Morgan fingerprint density at radius 3 is 2.83 bits per heavy atom. The van der Waals surface area contributed by atoms with Gasteiger partial charge < -0.3 is 14.6 Å². The molecule has 2 atom stereocenters. The van der Waals surface area contributed by atoms with E-state index in [0.717, 1.165) is 10.2 Å². The van der Waals surface area contributed by atoms with Crippen LogP contribution in [-0.2, 0) is 4.74 Å². The van der Waals surface area contributed by atoms with E-state index in [0.29, 0.717) is 18.8 Å². The highest BCUT2D eigenvalue weighted by Crippen LogP contribution is 2.23. The molecule has 1 aliphatic heterocycles. The first-order valence-corrected chi connectivity index (χ1v) is 7.02. The van der Waals surface area contributed by atoms with Crippen LogP contribution in [-0.4, -0.2) is 41.1 Å². The van der Waals surface area contributed by atoms with E-state index in [1.54, 1.807) is 11.3 Å². The molecule has 0 bridgehead atoms. The molecule has 96 valence electrons. The van der Waals surface area contributed by atoms with Crippen LogP contribution in [0.4, 0.5) is 0 Å². The maximum atomic E-state index is 12.4. The Labute approximate surface area is 110 Å². The number of amides is 1. The number of H-pyrrole nitrogens is 1. The Hall–Kier alpha value is -1.33. The molecule has 2 aromatic rings. The standard InChI is InChI=1S/C13H16N2O2S/c1-8-6-15(7-9(2)17-8)13(16)11-5-12-10(14-11)3-4-18-12/h3-5,8-9,14H,6-7H2,1-2H3. The van der Waals surface area contributed by atoms with E-state index in [2.05, 4.69) is 4.98 Å². The second kappa shape index (κ2) is 4.40. The van der Waals surface area contributed by atoms with E-state index in [9.17, 15) is 4.79 Å². The third kappa shape index (κ3) is 2.04. The van der Waals surface area contributed by atoms with Crippen molar-refractivity contribution in [2.24, 2.45) is 0 Å². The summed E-state index contributed by atoms with van der Waals surface area (Å²) in [7, 11) is 0. The van der Waals surface area contributed by atoms with Crippen LogP contribution >= 0.6 is 11.3 Å². The molecule has 0 radical (unpaired) electrons. The molecule has 0 spiro atoms. The number of carbonyl (C=O) groups excluding carboxylic acids is 1. The van der Waals surface area contributed by atoms with Gasteiger partial charge in [-0.3, -0.25) is 4.79 Å². The summed E-state index contributed by atoms with van der Waals surface area (Å²) in [5, 5.41) is 2.02. The number of hydrogen-bond donors (Lipinski definition) is 1. The number of nitrogens with one attached hydrogen (secondary N) is 1. The lowest BCUT2D eigenvalue weighted by Gasteiger charge is -2.35. The molecule has 4 nitrogen and oxygen atoms in total. The van der Waals surface area contributed by atoms with Crippen LogP contribution in [0.2, 0.25) is 0 Å². The Bertz CT molecular complexity index is 536. The van der Waals surface area contributed by atoms with Crippen LogP contribution in [0.15, 0.2) is 17.5 Å². The monoisotopic (exact) mass is 264 g/mol. The Morgan fingerprint density at radius 1 is 1.44 bits per heavy atom. The number of rotatable bonds is 1. The number of fused-ring (bicyclic) bond motifs is 1. The molecule has 1 saturated heterocycles. The van der Waals surface area contributed by atoms with Gasteiger partial charge in [0, 0.05) is 13.1 Å². The van der Waals surface area contributed by atoms with Crippen LogP contribution in [0.1, 0.15) is 24.3 Å². The van der Waals surface area contributed by atoms with Crippen molar-refractivity contribution in [3.05, 3.63) is 23.2 Å². The average molecular weight is 264 g/mol. The summed E-state index contributed by atoms with van der Waals surface area (Å²) in [6.45, 7) is 5.33. The van der Waals surface area contributed by atoms with Crippen molar-refractivity contribution < 1.29 is 9.53 Å². The van der Waals surface area contributed by atoms with Gasteiger partial charge in [0.2, 0.25) is 0 Å². The highest BCUT2D eigenvalue weighted by molar-refractivity contribution is 7.17. The molecule has 0 aromatic carbocycles. The molecular formula is C13H16N2O2S. The molecule has 1 N–H and O–H groups in total. The predicted octanol–water partition coefficient (Wildman–Crippen LogP) is 2.48. The van der Waals surface area contributed by atoms with E-state index in [1.165, 1.54) is 0 Å². The van der Waals surface area contributed by atoms with Gasteiger partial charge in [-0.2, -0.15) is 0 Å². The first-order chi connectivity index (χ1) is 8.63. The van der Waals surface area contributed by atoms with E-state index in [4.69, 9.17) is 4.74 Å². The highest BCUT2D eigenvalue weighted by atomic mass is 32.1. The second-order valence-corrected chi connectivity index (χ2v) is 5.80. The molecule has 2 unspecified atom stereocenters. The fraction of sp³-hybridized carbons (Fsp3) is 0.462. The van der Waals surface area contributed by atoms with Gasteiger partial charge in [-0.05, 0) is 31.4 Å². The van der Waals surface area contributed by atoms with Crippen LogP contribution < -0.4 is 0 Å². The Kier molecular flexibility index (Phi) is 2.87. The van der Waals surface area contributed by atoms with Crippen molar-refractivity contribution in [3.63, 3.8) is 0 Å². The molecule has 2 aromatic heterocycles. The number of carbonyl (C=O) groups is 1. The van der Waals surface area contributed by atoms with Gasteiger partial charge in [-0.15, -0.1) is 11.3 Å². The minimum atomic E-state index is 0.0698. The molecule has 18 heavy (non-hydrogen) atoms. The summed E-state index contributed by atoms with van der Waals surface area (Å²) in [6, 6.07) is 3.94. The van der Waals surface area contributed by atoms with E-state index >= 15 is 0 Å². The maximum Gasteiger partial charge on any atom is 0.270 e. The van der Waals surface area contributed by atoms with Crippen LogP contribution in [0.5, 0.6) is 0 Å². The summed E-state index contributed by atoms with van der Waals surface area (Å²) in [4.78, 5) is 17.5. The summed E-state index contributed by atoms with van der Waals surface area (Å²) in [5.74, 6) is 0.0698. The van der Waals surface area contributed by atoms with Crippen LogP contribution in [0.25, 0.3) is 10.2 Å². The zero-order chi connectivity index (χ0) is 12.7. The van der Waals surface area contributed by atoms with Crippen LogP contribution in [0.3, 0.4) is 0 Å². The molecule has 5 heteroatoms. The molecule has 0 saturated carbocycles. The number of ether oxygens (including phenoxy) is 1. The smallest absolute Gasteiger partial charge is 0.270 e. The quantitative estimate of drug-likeness (QED) is 0.860. The number of hydrogen-bond acceptors (Lipinski definition) is 3.